The number of non-ortho nitro benzene ring substituents is 1. The lowest BCUT2D eigenvalue weighted by molar-refractivity contribution is -0.384. The minimum absolute atomic E-state index is 0.0270. The van der Waals surface area contributed by atoms with Gasteiger partial charge < -0.3 is 5.32 Å². The Morgan fingerprint density at radius 3 is 2.74 bits per heavy atom. The van der Waals surface area contributed by atoms with Crippen LogP contribution in [0.3, 0.4) is 0 Å². The summed E-state index contributed by atoms with van der Waals surface area (Å²) in [5.74, 6) is -0.496. The first-order valence-corrected chi connectivity index (χ1v) is 7.76. The number of halogens is 1. The van der Waals surface area contributed by atoms with Gasteiger partial charge in [0.2, 0.25) is 5.91 Å². The van der Waals surface area contributed by atoms with Gasteiger partial charge in [-0.15, -0.1) is 5.10 Å². The monoisotopic (exact) mass is 368 g/mol. The number of benzene rings is 2. The Labute approximate surface area is 152 Å². The van der Waals surface area contributed by atoms with Gasteiger partial charge in [0.05, 0.1) is 17.2 Å². The third-order valence-electron chi connectivity index (χ3n) is 3.54. The van der Waals surface area contributed by atoms with Crippen LogP contribution in [0.25, 0.3) is 11.8 Å². The van der Waals surface area contributed by atoms with E-state index in [1.165, 1.54) is 59.3 Å². The third kappa shape index (κ3) is 4.57. The molecule has 1 N–H and O–H groups in total. The number of hydrogen-bond donors (Lipinski definition) is 1. The molecule has 0 saturated carbocycles. The number of nitro groups is 1. The zero-order chi connectivity index (χ0) is 19.2. The Balaban J connectivity index is 1.61. The highest BCUT2D eigenvalue weighted by molar-refractivity contribution is 5.91. The van der Waals surface area contributed by atoms with Crippen LogP contribution in [0.5, 0.6) is 0 Å². The number of nitrogens with one attached hydrogen (secondary N) is 1. The second kappa shape index (κ2) is 7.95. The molecule has 0 aliphatic rings. The van der Waals surface area contributed by atoms with Crippen LogP contribution in [0.4, 0.5) is 10.1 Å². The van der Waals surface area contributed by atoms with E-state index in [2.05, 4.69) is 20.8 Å². The summed E-state index contributed by atoms with van der Waals surface area (Å²) in [5, 5.41) is 24.4. The summed E-state index contributed by atoms with van der Waals surface area (Å²) in [5.41, 5.74) is 1.05. The first kappa shape index (κ1) is 17.9. The van der Waals surface area contributed by atoms with E-state index in [0.717, 1.165) is 0 Å². The molecule has 0 aliphatic heterocycles. The van der Waals surface area contributed by atoms with Crippen LogP contribution in [-0.2, 0) is 11.3 Å². The van der Waals surface area contributed by atoms with E-state index in [1.807, 2.05) is 0 Å². The van der Waals surface area contributed by atoms with Crippen molar-refractivity contribution in [3.63, 3.8) is 0 Å². The first-order chi connectivity index (χ1) is 13.0. The largest absolute Gasteiger partial charge is 0.345 e. The molecule has 0 radical (unpaired) electrons. The fourth-order valence-electron chi connectivity index (χ4n) is 2.23. The number of amides is 1. The minimum Gasteiger partial charge on any atom is -0.345 e. The van der Waals surface area contributed by atoms with Gasteiger partial charge in [-0.3, -0.25) is 14.9 Å². The molecule has 27 heavy (non-hydrogen) atoms. The zero-order valence-electron chi connectivity index (χ0n) is 13.8. The zero-order valence-corrected chi connectivity index (χ0v) is 13.8. The van der Waals surface area contributed by atoms with Crippen molar-refractivity contribution in [2.24, 2.45) is 0 Å². The number of tetrazole rings is 1. The topological polar surface area (TPSA) is 116 Å². The molecule has 0 atom stereocenters. The molecule has 3 aromatic rings. The van der Waals surface area contributed by atoms with Gasteiger partial charge >= 0.3 is 0 Å². The predicted molar refractivity (Wildman–Crippen MR) is 93.1 cm³/mol. The molecular formula is C17H13FN6O3. The van der Waals surface area contributed by atoms with E-state index in [0.29, 0.717) is 17.1 Å². The van der Waals surface area contributed by atoms with Crippen LogP contribution in [0.15, 0.2) is 54.6 Å². The molecule has 136 valence electrons. The molecule has 0 fully saturated rings. The molecule has 9 nitrogen and oxygen atoms in total. The second-order valence-corrected chi connectivity index (χ2v) is 5.39. The first-order valence-electron chi connectivity index (χ1n) is 7.76. The van der Waals surface area contributed by atoms with E-state index < -0.39 is 16.6 Å². The molecule has 10 heteroatoms. The summed E-state index contributed by atoms with van der Waals surface area (Å²) >= 11 is 0. The van der Waals surface area contributed by atoms with Crippen molar-refractivity contribution in [3.8, 4) is 5.69 Å². The van der Waals surface area contributed by atoms with Crippen LogP contribution >= 0.6 is 0 Å². The van der Waals surface area contributed by atoms with Crippen molar-refractivity contribution in [2.75, 3.05) is 0 Å². The van der Waals surface area contributed by atoms with Gasteiger partial charge in [0.1, 0.15) is 5.82 Å². The fraction of sp³-hybridized carbons (Fsp3) is 0.0588. The van der Waals surface area contributed by atoms with Crippen molar-refractivity contribution in [3.05, 3.63) is 81.9 Å². The molecule has 1 heterocycles. The van der Waals surface area contributed by atoms with Gasteiger partial charge in [0, 0.05) is 18.2 Å². The molecule has 0 bridgehead atoms. The maximum atomic E-state index is 13.3. The van der Waals surface area contributed by atoms with Gasteiger partial charge in [-0.05, 0) is 52.4 Å². The van der Waals surface area contributed by atoms with Crippen LogP contribution in [0.1, 0.15) is 11.4 Å². The molecule has 0 spiro atoms. The molecule has 0 unspecified atom stereocenters. The quantitative estimate of drug-likeness (QED) is 0.404. The van der Waals surface area contributed by atoms with E-state index in [1.54, 1.807) is 6.07 Å². The van der Waals surface area contributed by atoms with Crippen LogP contribution < -0.4 is 5.32 Å². The van der Waals surface area contributed by atoms with Crippen LogP contribution in [0.2, 0.25) is 0 Å². The number of carbonyl (C=O) groups excluding carboxylic acids is 1. The van der Waals surface area contributed by atoms with Crippen molar-refractivity contribution >= 4 is 17.7 Å². The number of nitrogens with zero attached hydrogens (tertiary/aromatic N) is 5. The lowest BCUT2D eigenvalue weighted by Crippen LogP contribution is -2.22. The Bertz CT molecular complexity index is 1000. The number of rotatable bonds is 6. The van der Waals surface area contributed by atoms with Gasteiger partial charge in [-0.2, -0.15) is 4.68 Å². The third-order valence-corrected chi connectivity index (χ3v) is 3.54. The number of carbonyl (C=O) groups is 1. The van der Waals surface area contributed by atoms with E-state index in [4.69, 9.17) is 0 Å². The summed E-state index contributed by atoms with van der Waals surface area (Å²) in [4.78, 5) is 22.1. The molecular weight excluding hydrogens is 355 g/mol. The van der Waals surface area contributed by atoms with E-state index in [-0.39, 0.29) is 12.2 Å². The van der Waals surface area contributed by atoms with Crippen LogP contribution in [0, 0.1) is 15.9 Å². The highest BCUT2D eigenvalue weighted by Gasteiger charge is 2.09. The Morgan fingerprint density at radius 2 is 2.04 bits per heavy atom. The van der Waals surface area contributed by atoms with E-state index >= 15 is 0 Å². The minimum atomic E-state index is -0.497. The number of hydrogen-bond acceptors (Lipinski definition) is 6. The lowest BCUT2D eigenvalue weighted by Gasteiger charge is -2.05. The maximum absolute atomic E-state index is 13.3. The average Bonchev–Trinajstić information content (AvgIpc) is 3.13. The highest BCUT2D eigenvalue weighted by atomic mass is 19.1. The Morgan fingerprint density at radius 1 is 1.26 bits per heavy atom. The molecule has 0 saturated heterocycles. The van der Waals surface area contributed by atoms with Gasteiger partial charge in [0.15, 0.2) is 5.82 Å². The Kier molecular flexibility index (Phi) is 5.26. The molecule has 1 amide bonds. The fourth-order valence-corrected chi connectivity index (χ4v) is 2.23. The van der Waals surface area contributed by atoms with Crippen LogP contribution in [-0.4, -0.2) is 31.0 Å². The van der Waals surface area contributed by atoms with Crippen molar-refractivity contribution < 1.29 is 14.1 Å². The number of nitro benzene ring substituents is 1. The molecule has 2 aromatic carbocycles. The van der Waals surface area contributed by atoms with Gasteiger partial charge in [-0.25, -0.2) is 4.39 Å². The number of aromatic nitrogens is 4. The SMILES string of the molecule is O=C(/C=C\c1ccc([N+](=O)[O-])cc1)NCc1nnnn1-c1cccc(F)c1. The molecule has 0 aliphatic carbocycles. The summed E-state index contributed by atoms with van der Waals surface area (Å²) in [6.45, 7) is 0.0347. The smallest absolute Gasteiger partial charge is 0.269 e. The summed E-state index contributed by atoms with van der Waals surface area (Å²) < 4.78 is 14.7. The second-order valence-electron chi connectivity index (χ2n) is 5.39. The highest BCUT2D eigenvalue weighted by Crippen LogP contribution is 2.13. The standard InChI is InChI=1S/C17H13FN6O3/c18-13-2-1-3-15(10-13)23-16(20-21-22-23)11-19-17(25)9-6-12-4-7-14(8-5-12)24(26)27/h1-10H,11H2,(H,19,25)/b9-6-. The van der Waals surface area contributed by atoms with E-state index in [9.17, 15) is 19.3 Å². The lowest BCUT2D eigenvalue weighted by atomic mass is 10.2. The summed E-state index contributed by atoms with van der Waals surface area (Å²) in [6.07, 6.45) is 2.81. The molecule has 3 rings (SSSR count). The maximum Gasteiger partial charge on any atom is 0.269 e. The summed E-state index contributed by atoms with van der Waals surface area (Å²) in [6, 6.07) is 11.5. The van der Waals surface area contributed by atoms with Gasteiger partial charge in [-0.1, -0.05) is 6.07 Å². The predicted octanol–water partition coefficient (Wildman–Crippen LogP) is 2.04. The van der Waals surface area contributed by atoms with Crippen molar-refractivity contribution in [1.29, 1.82) is 0 Å². The van der Waals surface area contributed by atoms with Crippen molar-refractivity contribution in [2.45, 2.75) is 6.54 Å². The normalized spacial score (nSPS) is 10.9. The van der Waals surface area contributed by atoms with Gasteiger partial charge in [0.25, 0.3) is 5.69 Å². The molecule has 1 aromatic heterocycles. The summed E-state index contributed by atoms with van der Waals surface area (Å²) in [7, 11) is 0. The average molecular weight is 368 g/mol. The van der Waals surface area contributed by atoms with Crippen molar-refractivity contribution in [1.82, 2.24) is 25.5 Å². The Hall–Kier alpha value is -3.95.